The van der Waals surface area contributed by atoms with E-state index >= 15 is 0 Å². The number of carbonyl (C=O) groups excluding carboxylic acids is 1. The van der Waals surface area contributed by atoms with E-state index in [0.717, 1.165) is 64.2 Å². The van der Waals surface area contributed by atoms with Gasteiger partial charge < -0.3 is 19.7 Å². The number of hydrogen-bond acceptors (Lipinski definition) is 6. The van der Waals surface area contributed by atoms with Crippen molar-refractivity contribution in [3.63, 3.8) is 0 Å². The second-order valence-electron chi connectivity index (χ2n) is 15.7. The van der Waals surface area contributed by atoms with E-state index in [1.807, 2.05) is 11.8 Å². The SMILES string of the molecule is C[C@H](CCC(=O)N(CCCS(=O)(=O)[O-])C1CCCCC1)[C@H]1CC[C@H]2[C@@H]3[C@@H](O)C[C@@H]4C[C@@H](O)C(F)(F)C[C@]4(C)[C@H]3CC[C@]12C.[Na+]. The molecule has 7 nitrogen and oxygen atoms in total. The van der Waals surface area contributed by atoms with Crippen LogP contribution in [0.25, 0.3) is 0 Å². The van der Waals surface area contributed by atoms with Gasteiger partial charge >= 0.3 is 29.6 Å². The second kappa shape index (κ2) is 13.9. The van der Waals surface area contributed by atoms with E-state index in [2.05, 4.69) is 13.8 Å². The molecular weight excluding hydrogens is 599 g/mol. The van der Waals surface area contributed by atoms with Crippen LogP contribution >= 0.6 is 0 Å². The molecule has 5 saturated carbocycles. The summed E-state index contributed by atoms with van der Waals surface area (Å²) in [5.41, 5.74) is -0.603. The molecule has 0 heterocycles. The fourth-order valence-electron chi connectivity index (χ4n) is 11.2. The summed E-state index contributed by atoms with van der Waals surface area (Å²) in [6.07, 6.45) is 8.18. The Labute approximate surface area is 285 Å². The van der Waals surface area contributed by atoms with Crippen molar-refractivity contribution in [2.45, 2.75) is 141 Å². The largest absolute Gasteiger partial charge is 1.00 e. The fraction of sp³-hybridized carbons (Fsp3) is 0.970. The maximum absolute atomic E-state index is 14.8. The first-order valence-electron chi connectivity index (χ1n) is 17.0. The Hall–Kier alpha value is 0.160. The van der Waals surface area contributed by atoms with Crippen LogP contribution in [0.4, 0.5) is 8.78 Å². The van der Waals surface area contributed by atoms with Gasteiger partial charge in [-0.05, 0) is 111 Å². The van der Waals surface area contributed by atoms with Crippen molar-refractivity contribution in [1.29, 1.82) is 0 Å². The van der Waals surface area contributed by atoms with E-state index in [9.17, 15) is 36.8 Å². The second-order valence-corrected chi connectivity index (χ2v) is 17.2. The zero-order valence-corrected chi connectivity index (χ0v) is 30.2. The number of hydrogen-bond donors (Lipinski definition) is 2. The number of fused-ring (bicyclic) bond motifs is 5. The summed E-state index contributed by atoms with van der Waals surface area (Å²) in [6, 6.07) is 0.112. The minimum atomic E-state index is -4.32. The van der Waals surface area contributed by atoms with Gasteiger partial charge in [0.1, 0.15) is 6.10 Å². The van der Waals surface area contributed by atoms with E-state index in [1.54, 1.807) is 0 Å². The van der Waals surface area contributed by atoms with Gasteiger partial charge in [0.15, 0.2) is 0 Å². The van der Waals surface area contributed by atoms with E-state index in [0.29, 0.717) is 25.3 Å². The van der Waals surface area contributed by atoms with E-state index in [1.165, 1.54) is 0 Å². The molecular formula is C33H54F2NNaO6S. The zero-order valence-electron chi connectivity index (χ0n) is 27.4. The van der Waals surface area contributed by atoms with Crippen molar-refractivity contribution in [1.82, 2.24) is 4.90 Å². The average Bonchev–Trinajstić information content (AvgIpc) is 3.28. The summed E-state index contributed by atoms with van der Waals surface area (Å²) in [7, 11) is -4.32. The molecule has 1 amide bonds. The Morgan fingerprint density at radius 2 is 1.66 bits per heavy atom. The Bertz CT molecular complexity index is 1120. The van der Waals surface area contributed by atoms with Crippen molar-refractivity contribution in [3.05, 3.63) is 0 Å². The first-order valence-corrected chi connectivity index (χ1v) is 18.6. The van der Waals surface area contributed by atoms with Crippen LogP contribution in [-0.2, 0) is 14.9 Å². The number of halogens is 2. The van der Waals surface area contributed by atoms with Gasteiger partial charge in [-0.15, -0.1) is 0 Å². The van der Waals surface area contributed by atoms with Crippen molar-refractivity contribution < 1.29 is 66.3 Å². The van der Waals surface area contributed by atoms with E-state index < -0.39 is 39.4 Å². The molecule has 0 aromatic heterocycles. The van der Waals surface area contributed by atoms with Gasteiger partial charge in [0.2, 0.25) is 5.91 Å². The molecule has 0 aromatic carbocycles. The third-order valence-corrected chi connectivity index (χ3v) is 14.2. The standard InChI is InChI=1S/C33H55F2NO6S.Na/c1-21(10-13-29(39)36(16-7-17-43(40,41)42)23-8-5-4-6-9-23)24-11-12-25-30-26(14-15-31(24,25)2)32(3)20-33(34,35)28(38)19-22(32)18-27(30)37;/h21-28,30,37-38H,4-20H2,1-3H3,(H,40,41,42);/q;+1/p-1/t21-,22-,24-,25+,26+,27+,28-,30+,31-,32+;/m1./s1. The summed E-state index contributed by atoms with van der Waals surface area (Å²) >= 11 is 0. The van der Waals surface area contributed by atoms with Crippen LogP contribution in [0.15, 0.2) is 0 Å². The quantitative estimate of drug-likeness (QED) is 0.292. The minimum Gasteiger partial charge on any atom is -0.748 e. The monoisotopic (exact) mass is 653 g/mol. The molecule has 0 bridgehead atoms. The predicted octanol–water partition coefficient (Wildman–Crippen LogP) is 2.74. The molecule has 0 saturated heterocycles. The zero-order chi connectivity index (χ0) is 31.4. The first kappa shape index (κ1) is 37.0. The summed E-state index contributed by atoms with van der Waals surface area (Å²) in [5.74, 6) is -2.65. The number of aliphatic hydroxyl groups is 2. The molecule has 10 atom stereocenters. The minimum absolute atomic E-state index is 0. The summed E-state index contributed by atoms with van der Waals surface area (Å²) < 4.78 is 63.2. The summed E-state index contributed by atoms with van der Waals surface area (Å²) in [4.78, 5) is 15.4. The van der Waals surface area contributed by atoms with Crippen molar-refractivity contribution in [2.24, 2.45) is 46.3 Å². The Kier molecular flexibility index (Phi) is 11.7. The molecule has 0 aromatic rings. The number of alkyl halides is 2. The molecule has 2 N–H and O–H groups in total. The Morgan fingerprint density at radius 1 is 1.00 bits per heavy atom. The van der Waals surface area contributed by atoms with Crippen LogP contribution in [0.5, 0.6) is 0 Å². The smallest absolute Gasteiger partial charge is 0.748 e. The third-order valence-electron chi connectivity index (χ3n) is 13.4. The van der Waals surface area contributed by atoms with Gasteiger partial charge in [-0.2, -0.15) is 0 Å². The molecule has 0 radical (unpaired) electrons. The van der Waals surface area contributed by atoms with Crippen LogP contribution in [0.3, 0.4) is 0 Å². The van der Waals surface area contributed by atoms with Gasteiger partial charge in [0.05, 0.1) is 16.2 Å². The van der Waals surface area contributed by atoms with Gasteiger partial charge in [0.25, 0.3) is 5.92 Å². The Morgan fingerprint density at radius 3 is 2.32 bits per heavy atom. The van der Waals surface area contributed by atoms with Crippen molar-refractivity contribution in [3.8, 4) is 0 Å². The number of aliphatic hydroxyl groups excluding tert-OH is 2. The van der Waals surface area contributed by atoms with Gasteiger partial charge in [-0.25, -0.2) is 17.2 Å². The maximum atomic E-state index is 14.8. The number of amides is 1. The van der Waals surface area contributed by atoms with Crippen LogP contribution in [0.1, 0.15) is 117 Å². The number of carbonyl (C=O) groups is 1. The summed E-state index contributed by atoms with van der Waals surface area (Å²) in [5, 5.41) is 21.6. The Balaban J connectivity index is 0.00000442. The molecule has 11 heteroatoms. The first-order chi connectivity index (χ1) is 20.1. The normalized spacial score (nSPS) is 41.0. The van der Waals surface area contributed by atoms with E-state index in [-0.39, 0.29) is 95.8 Å². The number of nitrogens with zero attached hydrogens (tertiary/aromatic N) is 1. The van der Waals surface area contributed by atoms with Crippen LogP contribution in [0, 0.1) is 46.3 Å². The molecule has 5 aliphatic rings. The van der Waals surface area contributed by atoms with Crippen molar-refractivity contribution >= 4 is 16.0 Å². The average molecular weight is 654 g/mol. The molecule has 44 heavy (non-hydrogen) atoms. The molecule has 5 fully saturated rings. The van der Waals surface area contributed by atoms with E-state index in [4.69, 9.17) is 0 Å². The fourth-order valence-corrected chi connectivity index (χ4v) is 11.7. The molecule has 5 aliphatic carbocycles. The molecule has 0 aliphatic heterocycles. The van der Waals surface area contributed by atoms with Crippen LogP contribution in [-0.4, -0.2) is 70.5 Å². The molecule has 0 unspecified atom stereocenters. The predicted molar refractivity (Wildman–Crippen MR) is 159 cm³/mol. The summed E-state index contributed by atoms with van der Waals surface area (Å²) in [6.45, 7) is 6.86. The molecule has 248 valence electrons. The van der Waals surface area contributed by atoms with Crippen LogP contribution in [0.2, 0.25) is 0 Å². The molecule has 5 rings (SSSR count). The number of rotatable bonds is 9. The van der Waals surface area contributed by atoms with Gasteiger partial charge in [-0.1, -0.05) is 40.0 Å². The molecule has 0 spiro atoms. The third kappa shape index (κ3) is 7.26. The maximum Gasteiger partial charge on any atom is 1.00 e. The van der Waals surface area contributed by atoms with Crippen molar-refractivity contribution in [2.75, 3.05) is 12.3 Å². The van der Waals surface area contributed by atoms with Gasteiger partial charge in [0, 0.05) is 31.2 Å². The topological polar surface area (TPSA) is 118 Å². The van der Waals surface area contributed by atoms with Crippen LogP contribution < -0.4 is 29.6 Å². The van der Waals surface area contributed by atoms with Gasteiger partial charge in [-0.3, -0.25) is 4.79 Å².